The van der Waals surface area contributed by atoms with Crippen molar-refractivity contribution in [2.75, 3.05) is 0 Å². The molecule has 0 N–H and O–H groups in total. The van der Waals surface area contributed by atoms with Gasteiger partial charge in [-0.25, -0.2) is 4.99 Å². The lowest BCUT2D eigenvalue weighted by atomic mass is 10.3. The quantitative estimate of drug-likeness (QED) is 0.633. The summed E-state index contributed by atoms with van der Waals surface area (Å²) in [6.07, 6.45) is 2.63. The van der Waals surface area contributed by atoms with E-state index in [0.717, 1.165) is 17.2 Å². The van der Waals surface area contributed by atoms with Gasteiger partial charge in [0, 0.05) is 5.70 Å². The molecule has 66 valence electrons. The van der Waals surface area contributed by atoms with Gasteiger partial charge in [0.05, 0.1) is 11.1 Å². The van der Waals surface area contributed by atoms with Gasteiger partial charge < -0.3 is 0 Å². The molecule has 0 aliphatic carbocycles. The highest BCUT2D eigenvalue weighted by atomic mass is 35.5. The molecule has 1 heterocycles. The van der Waals surface area contributed by atoms with Crippen molar-refractivity contribution in [1.82, 2.24) is 0 Å². The maximum absolute atomic E-state index is 5.82. The minimum atomic E-state index is -0.0267. The molecule has 2 nitrogen and oxygen atoms in total. The molecule has 0 bridgehead atoms. The Balaban J connectivity index is 2.99. The van der Waals surface area contributed by atoms with E-state index >= 15 is 0 Å². The Morgan fingerprint density at radius 1 is 1.67 bits per heavy atom. The first-order valence-electron chi connectivity index (χ1n) is 3.85. The Hall–Kier alpha value is -0.280. The molecule has 0 saturated heterocycles. The van der Waals surface area contributed by atoms with Crippen LogP contribution in [0.15, 0.2) is 21.8 Å². The van der Waals surface area contributed by atoms with Crippen molar-refractivity contribution in [2.45, 2.75) is 26.3 Å². The third-order valence-corrected chi connectivity index (χ3v) is 2.28. The van der Waals surface area contributed by atoms with Crippen molar-refractivity contribution in [3.05, 3.63) is 11.8 Å². The van der Waals surface area contributed by atoms with Crippen LogP contribution in [0.4, 0.5) is 0 Å². The Labute approximate surface area is 82.8 Å². The third-order valence-electron chi connectivity index (χ3n) is 1.60. The summed E-state index contributed by atoms with van der Waals surface area (Å²) in [4.78, 5) is 8.42. The molecule has 0 aromatic carbocycles. The van der Waals surface area contributed by atoms with Gasteiger partial charge in [0.2, 0.25) is 0 Å². The van der Waals surface area contributed by atoms with Crippen LogP contribution in [0, 0.1) is 0 Å². The average Bonchev–Trinajstić information content (AvgIpc) is 2.12. The molecule has 0 amide bonds. The molecule has 12 heavy (non-hydrogen) atoms. The Kier molecular flexibility index (Phi) is 3.35. The van der Waals surface area contributed by atoms with Crippen molar-refractivity contribution in [3.8, 4) is 0 Å². The van der Waals surface area contributed by atoms with Crippen LogP contribution in [-0.4, -0.2) is 16.3 Å². The highest BCUT2D eigenvalue weighted by Gasteiger charge is 2.09. The molecule has 1 atom stereocenters. The van der Waals surface area contributed by atoms with Gasteiger partial charge in [-0.1, -0.05) is 18.5 Å². The number of thiol groups is 1. The van der Waals surface area contributed by atoms with Gasteiger partial charge in [-0.15, -0.1) is 12.6 Å². The number of allylic oxidation sites excluding steroid dienone is 2. The molecular weight excluding hydrogens is 192 g/mol. The second-order valence-electron chi connectivity index (χ2n) is 2.59. The maximum atomic E-state index is 5.82. The minimum absolute atomic E-state index is 0.0267. The van der Waals surface area contributed by atoms with Gasteiger partial charge in [0.1, 0.15) is 5.17 Å². The van der Waals surface area contributed by atoms with Gasteiger partial charge in [-0.05, 0) is 19.4 Å². The largest absolute Gasteiger partial charge is 0.263 e. The molecular formula is C8H11ClN2S. The fourth-order valence-electron chi connectivity index (χ4n) is 0.871. The van der Waals surface area contributed by atoms with Crippen molar-refractivity contribution in [1.29, 1.82) is 0 Å². The zero-order chi connectivity index (χ0) is 9.14. The fraction of sp³-hybridized carbons (Fsp3) is 0.500. The molecule has 1 aliphatic rings. The lowest BCUT2D eigenvalue weighted by Gasteiger charge is -2.01. The lowest BCUT2D eigenvalue weighted by Crippen LogP contribution is -2.07. The van der Waals surface area contributed by atoms with E-state index in [1.807, 2.05) is 13.8 Å². The van der Waals surface area contributed by atoms with Crippen LogP contribution in [0.2, 0.25) is 0 Å². The predicted octanol–water partition coefficient (Wildman–Crippen LogP) is 2.65. The van der Waals surface area contributed by atoms with Crippen LogP contribution in [0.25, 0.3) is 0 Å². The van der Waals surface area contributed by atoms with Crippen molar-refractivity contribution >= 4 is 34.4 Å². The predicted molar refractivity (Wildman–Crippen MR) is 57.5 cm³/mol. The number of hydrogen-bond acceptors (Lipinski definition) is 2. The first kappa shape index (κ1) is 9.81. The lowest BCUT2D eigenvalue weighted by molar-refractivity contribution is 0.989. The Morgan fingerprint density at radius 2 is 2.33 bits per heavy atom. The summed E-state index contributed by atoms with van der Waals surface area (Å²) in [7, 11) is 0. The first-order chi connectivity index (χ1) is 5.63. The molecule has 1 unspecified atom stereocenters. The molecule has 0 saturated carbocycles. The summed E-state index contributed by atoms with van der Waals surface area (Å²) < 4.78 is 0. The summed E-state index contributed by atoms with van der Waals surface area (Å²) in [6, 6.07) is -0.0267. The van der Waals surface area contributed by atoms with Crippen LogP contribution in [0.3, 0.4) is 0 Å². The van der Waals surface area contributed by atoms with E-state index in [9.17, 15) is 0 Å². The van der Waals surface area contributed by atoms with E-state index in [-0.39, 0.29) is 6.04 Å². The molecule has 1 aliphatic heterocycles. The second kappa shape index (κ2) is 4.10. The van der Waals surface area contributed by atoms with Crippen LogP contribution in [0.5, 0.6) is 0 Å². The molecule has 1 rings (SSSR count). The highest BCUT2D eigenvalue weighted by molar-refractivity contribution is 7.97. The zero-order valence-electron chi connectivity index (χ0n) is 7.08. The summed E-state index contributed by atoms with van der Waals surface area (Å²) in [5.41, 5.74) is 0.929. The van der Waals surface area contributed by atoms with E-state index in [4.69, 9.17) is 11.6 Å². The van der Waals surface area contributed by atoms with E-state index in [1.165, 1.54) is 0 Å². The number of rotatable bonds is 1. The number of nitrogens with zero attached hydrogens (tertiary/aromatic N) is 2. The summed E-state index contributed by atoms with van der Waals surface area (Å²) in [6.45, 7) is 3.94. The van der Waals surface area contributed by atoms with Crippen LogP contribution in [0.1, 0.15) is 20.3 Å². The summed E-state index contributed by atoms with van der Waals surface area (Å²) >= 11 is 10.0. The normalized spacial score (nSPS) is 24.0. The summed E-state index contributed by atoms with van der Waals surface area (Å²) in [5.74, 6) is 0. The van der Waals surface area contributed by atoms with E-state index in [2.05, 4.69) is 22.6 Å². The molecule has 0 fully saturated rings. The van der Waals surface area contributed by atoms with Gasteiger partial charge in [0.15, 0.2) is 0 Å². The minimum Gasteiger partial charge on any atom is -0.263 e. The van der Waals surface area contributed by atoms with E-state index in [0.29, 0.717) is 5.17 Å². The van der Waals surface area contributed by atoms with Gasteiger partial charge in [0.25, 0.3) is 0 Å². The smallest absolute Gasteiger partial charge is 0.126 e. The zero-order valence-corrected chi connectivity index (χ0v) is 8.73. The van der Waals surface area contributed by atoms with Crippen LogP contribution < -0.4 is 0 Å². The highest BCUT2D eigenvalue weighted by Crippen LogP contribution is 2.13. The summed E-state index contributed by atoms with van der Waals surface area (Å²) in [5, 5.41) is 1.23. The third kappa shape index (κ3) is 2.35. The Bertz CT molecular complexity index is 268. The maximum Gasteiger partial charge on any atom is 0.126 e. The van der Waals surface area contributed by atoms with E-state index in [1.54, 1.807) is 6.08 Å². The Morgan fingerprint density at radius 3 is 2.92 bits per heavy atom. The molecule has 4 heteroatoms. The van der Waals surface area contributed by atoms with Crippen LogP contribution >= 0.6 is 24.2 Å². The topological polar surface area (TPSA) is 24.7 Å². The fourth-order valence-corrected chi connectivity index (χ4v) is 1.33. The van der Waals surface area contributed by atoms with Gasteiger partial charge in [-0.3, -0.25) is 4.99 Å². The monoisotopic (exact) mass is 202 g/mol. The standard InChI is InChI=1S/C8H11ClN2S/c1-3-6-4-7(9)10-5(2)8(12)11-6/h4-5H,3H2,1-2H3,(H,11,12). The first-order valence-corrected chi connectivity index (χ1v) is 4.67. The van der Waals surface area contributed by atoms with Crippen LogP contribution in [-0.2, 0) is 0 Å². The molecule has 0 aromatic heterocycles. The van der Waals surface area contributed by atoms with Crippen molar-refractivity contribution in [2.24, 2.45) is 9.98 Å². The van der Waals surface area contributed by atoms with Crippen molar-refractivity contribution in [3.63, 3.8) is 0 Å². The SMILES string of the molecule is CCC1=CC(Cl)=NC(C)C(S)=N1. The van der Waals surface area contributed by atoms with Crippen molar-refractivity contribution < 1.29 is 0 Å². The van der Waals surface area contributed by atoms with Gasteiger partial charge in [-0.2, -0.15) is 0 Å². The average molecular weight is 203 g/mol. The molecule has 0 spiro atoms. The van der Waals surface area contributed by atoms with E-state index < -0.39 is 0 Å². The second-order valence-corrected chi connectivity index (χ2v) is 3.43. The number of hydrogen-bond donors (Lipinski definition) is 1. The molecule has 0 aromatic rings. The number of halogens is 1. The number of aliphatic imine (C=N–C) groups is 2. The van der Waals surface area contributed by atoms with Gasteiger partial charge >= 0.3 is 0 Å². The molecule has 0 radical (unpaired) electrons.